The molecule has 0 spiro atoms. The first-order chi connectivity index (χ1) is 9.49. The van der Waals surface area contributed by atoms with Crippen LogP contribution in [0.5, 0.6) is 11.6 Å². The van der Waals surface area contributed by atoms with Gasteiger partial charge in [-0.25, -0.2) is 4.98 Å². The van der Waals surface area contributed by atoms with Crippen molar-refractivity contribution in [2.24, 2.45) is 0 Å². The first-order valence-electron chi connectivity index (χ1n) is 5.50. The molecule has 0 bridgehead atoms. The smallest absolute Gasteiger partial charge is 0.269 e. The molecule has 0 amide bonds. The maximum absolute atomic E-state index is 10.6. The normalized spacial score (nSPS) is 9.85. The van der Waals surface area contributed by atoms with Crippen LogP contribution in [-0.4, -0.2) is 9.91 Å². The summed E-state index contributed by atoms with van der Waals surface area (Å²) in [6.07, 6.45) is 0. The topological polar surface area (TPSA) is 89.0 Å². The van der Waals surface area contributed by atoms with E-state index in [4.69, 9.17) is 21.6 Å². The zero-order valence-corrected chi connectivity index (χ0v) is 11.1. The van der Waals surface area contributed by atoms with Crippen molar-refractivity contribution in [2.45, 2.75) is 6.92 Å². The quantitative estimate of drug-likeness (QED) is 0.489. The van der Waals surface area contributed by atoms with Crippen LogP contribution in [0.4, 0.5) is 5.69 Å². The van der Waals surface area contributed by atoms with Crippen LogP contribution in [0.15, 0.2) is 30.3 Å². The average Bonchev–Trinajstić information content (AvgIpc) is 2.40. The van der Waals surface area contributed by atoms with Crippen molar-refractivity contribution >= 4 is 17.3 Å². The van der Waals surface area contributed by atoms with Gasteiger partial charge in [0.15, 0.2) is 0 Å². The number of halogens is 1. The lowest BCUT2D eigenvalue weighted by Crippen LogP contribution is -1.94. The number of benzene rings is 1. The molecule has 1 aromatic heterocycles. The number of nitrogens with zero attached hydrogens (tertiary/aromatic N) is 3. The molecule has 0 saturated carbocycles. The molecule has 6 nitrogen and oxygen atoms in total. The molecular weight excluding hydrogens is 282 g/mol. The van der Waals surface area contributed by atoms with E-state index in [9.17, 15) is 10.1 Å². The van der Waals surface area contributed by atoms with Gasteiger partial charge in [0, 0.05) is 18.2 Å². The molecule has 1 heterocycles. The molecule has 0 unspecified atom stereocenters. The third-order valence-electron chi connectivity index (χ3n) is 2.48. The van der Waals surface area contributed by atoms with Crippen molar-refractivity contribution in [3.8, 4) is 17.7 Å². The highest BCUT2D eigenvalue weighted by Crippen LogP contribution is 2.28. The van der Waals surface area contributed by atoms with Crippen LogP contribution in [0.2, 0.25) is 5.15 Å². The van der Waals surface area contributed by atoms with Crippen molar-refractivity contribution in [1.82, 2.24) is 4.98 Å². The van der Waals surface area contributed by atoms with Crippen molar-refractivity contribution in [2.75, 3.05) is 0 Å². The minimum Gasteiger partial charge on any atom is -0.439 e. The summed E-state index contributed by atoms with van der Waals surface area (Å²) in [5, 5.41) is 19.6. The van der Waals surface area contributed by atoms with Crippen LogP contribution >= 0.6 is 11.6 Å². The number of pyridine rings is 1. The van der Waals surface area contributed by atoms with Gasteiger partial charge in [0.2, 0.25) is 5.88 Å². The fourth-order valence-electron chi connectivity index (χ4n) is 1.56. The molecular formula is C13H8ClN3O3. The Kier molecular flexibility index (Phi) is 3.82. The molecule has 0 aliphatic carbocycles. The number of nitro benzene ring substituents is 1. The molecule has 20 heavy (non-hydrogen) atoms. The lowest BCUT2D eigenvalue weighted by molar-refractivity contribution is -0.384. The minimum atomic E-state index is -0.484. The van der Waals surface area contributed by atoms with Crippen molar-refractivity contribution in [3.05, 3.63) is 56.7 Å². The van der Waals surface area contributed by atoms with Crippen molar-refractivity contribution in [3.63, 3.8) is 0 Å². The molecule has 0 radical (unpaired) electrons. The molecule has 2 rings (SSSR count). The number of hydrogen-bond acceptors (Lipinski definition) is 5. The Labute approximate surface area is 119 Å². The van der Waals surface area contributed by atoms with Gasteiger partial charge in [-0.15, -0.1) is 0 Å². The summed E-state index contributed by atoms with van der Waals surface area (Å²) >= 11 is 5.77. The zero-order valence-electron chi connectivity index (χ0n) is 10.3. The number of rotatable bonds is 3. The third kappa shape index (κ3) is 3.02. The van der Waals surface area contributed by atoms with E-state index in [1.807, 2.05) is 6.07 Å². The van der Waals surface area contributed by atoms with E-state index in [1.54, 1.807) is 6.92 Å². The molecule has 2 aromatic rings. The van der Waals surface area contributed by atoms with Crippen molar-refractivity contribution < 1.29 is 9.66 Å². The molecule has 1 aromatic carbocycles. The molecule has 0 N–H and O–H groups in total. The predicted octanol–water partition coefficient (Wildman–Crippen LogP) is 3.62. The van der Waals surface area contributed by atoms with Crippen molar-refractivity contribution in [1.29, 1.82) is 5.26 Å². The lowest BCUT2D eigenvalue weighted by atomic mass is 10.2. The Balaban J connectivity index is 2.33. The van der Waals surface area contributed by atoms with Gasteiger partial charge in [0.1, 0.15) is 10.9 Å². The highest BCUT2D eigenvalue weighted by atomic mass is 35.5. The van der Waals surface area contributed by atoms with E-state index < -0.39 is 4.92 Å². The largest absolute Gasteiger partial charge is 0.439 e. The number of hydrogen-bond donors (Lipinski definition) is 0. The van der Waals surface area contributed by atoms with Crippen LogP contribution in [0.1, 0.15) is 11.1 Å². The first kappa shape index (κ1) is 13.8. The lowest BCUT2D eigenvalue weighted by Gasteiger charge is -2.08. The van der Waals surface area contributed by atoms with E-state index in [-0.39, 0.29) is 16.7 Å². The van der Waals surface area contributed by atoms with E-state index in [0.29, 0.717) is 16.9 Å². The molecule has 0 aliphatic heterocycles. The van der Waals surface area contributed by atoms with Gasteiger partial charge < -0.3 is 4.74 Å². The Morgan fingerprint density at radius 2 is 2.15 bits per heavy atom. The molecule has 0 fully saturated rings. The van der Waals surface area contributed by atoms with Crippen LogP contribution < -0.4 is 4.74 Å². The van der Waals surface area contributed by atoms with Gasteiger partial charge in [-0.05, 0) is 24.6 Å². The van der Waals surface area contributed by atoms with E-state index >= 15 is 0 Å². The van der Waals surface area contributed by atoms with Gasteiger partial charge >= 0.3 is 0 Å². The molecule has 0 atom stereocenters. The summed E-state index contributed by atoms with van der Waals surface area (Å²) in [7, 11) is 0. The zero-order chi connectivity index (χ0) is 14.7. The number of aryl methyl sites for hydroxylation is 1. The second-order valence-electron chi connectivity index (χ2n) is 3.94. The van der Waals surface area contributed by atoms with E-state index in [2.05, 4.69) is 4.98 Å². The second-order valence-corrected chi connectivity index (χ2v) is 4.32. The van der Waals surface area contributed by atoms with E-state index in [0.717, 1.165) is 0 Å². The predicted molar refractivity (Wildman–Crippen MR) is 71.9 cm³/mol. The van der Waals surface area contributed by atoms with Crippen LogP contribution in [0, 0.1) is 28.4 Å². The highest BCUT2D eigenvalue weighted by Gasteiger charge is 2.10. The van der Waals surface area contributed by atoms with Gasteiger partial charge in [-0.1, -0.05) is 11.6 Å². The maximum atomic E-state index is 10.6. The number of nitriles is 1. The van der Waals surface area contributed by atoms with Gasteiger partial charge in [-0.3, -0.25) is 10.1 Å². The summed E-state index contributed by atoms with van der Waals surface area (Å²) in [5.74, 6) is 0.570. The Morgan fingerprint density at radius 1 is 1.40 bits per heavy atom. The summed E-state index contributed by atoms with van der Waals surface area (Å²) in [6.45, 7) is 1.68. The second kappa shape index (κ2) is 5.55. The summed E-state index contributed by atoms with van der Waals surface area (Å²) in [6, 6.07) is 8.99. The SMILES string of the molecule is Cc1cc([N+](=O)[O-])ccc1Oc1cc(C#N)cc(Cl)n1. The standard InChI is InChI=1S/C13H8ClN3O3/c1-8-4-10(17(18)19)2-3-11(8)20-13-6-9(7-15)5-12(14)16-13/h2-6H,1H3. The van der Waals surface area contributed by atoms with Gasteiger partial charge in [-0.2, -0.15) is 5.26 Å². The Hall–Kier alpha value is -2.65. The van der Waals surface area contributed by atoms with Crippen LogP contribution in [0.3, 0.4) is 0 Å². The van der Waals surface area contributed by atoms with Crippen LogP contribution in [-0.2, 0) is 0 Å². The summed E-state index contributed by atoms with van der Waals surface area (Å²) < 4.78 is 5.50. The number of aromatic nitrogens is 1. The first-order valence-corrected chi connectivity index (χ1v) is 5.88. The van der Waals surface area contributed by atoms with Gasteiger partial charge in [0.25, 0.3) is 5.69 Å². The number of nitro groups is 1. The molecule has 7 heteroatoms. The fraction of sp³-hybridized carbons (Fsp3) is 0.0769. The minimum absolute atomic E-state index is 0.0217. The van der Waals surface area contributed by atoms with E-state index in [1.165, 1.54) is 30.3 Å². The fourth-order valence-corrected chi connectivity index (χ4v) is 1.76. The highest BCUT2D eigenvalue weighted by molar-refractivity contribution is 6.29. The molecule has 100 valence electrons. The Morgan fingerprint density at radius 3 is 2.75 bits per heavy atom. The number of non-ortho nitro benzene ring substituents is 1. The molecule has 0 aliphatic rings. The molecule has 0 saturated heterocycles. The van der Waals surface area contributed by atoms with Gasteiger partial charge in [0.05, 0.1) is 16.6 Å². The van der Waals surface area contributed by atoms with Crippen LogP contribution in [0.25, 0.3) is 0 Å². The average molecular weight is 290 g/mol. The summed E-state index contributed by atoms with van der Waals surface area (Å²) in [4.78, 5) is 14.1. The summed E-state index contributed by atoms with van der Waals surface area (Å²) in [5.41, 5.74) is 0.880. The third-order valence-corrected chi connectivity index (χ3v) is 2.68. The maximum Gasteiger partial charge on any atom is 0.269 e. The number of ether oxygens (including phenoxy) is 1. The Bertz CT molecular complexity index is 725. The monoisotopic (exact) mass is 289 g/mol.